The van der Waals surface area contributed by atoms with Gasteiger partial charge in [-0.1, -0.05) is 42.5 Å². The van der Waals surface area contributed by atoms with Crippen LogP contribution in [0.2, 0.25) is 0 Å². The fourth-order valence-electron chi connectivity index (χ4n) is 3.69. The van der Waals surface area contributed by atoms with Gasteiger partial charge in [-0.05, 0) is 41.8 Å². The molecule has 1 atom stereocenters. The van der Waals surface area contributed by atoms with E-state index in [2.05, 4.69) is 26.8 Å². The molecule has 0 saturated heterocycles. The summed E-state index contributed by atoms with van der Waals surface area (Å²) in [6, 6.07) is 21.8. The Morgan fingerprint density at radius 2 is 1.78 bits per heavy atom. The van der Waals surface area contributed by atoms with Gasteiger partial charge in [0.25, 0.3) is 0 Å². The van der Waals surface area contributed by atoms with E-state index in [1.54, 1.807) is 42.9 Å². The highest BCUT2D eigenvalue weighted by Crippen LogP contribution is 2.20. The summed E-state index contributed by atoms with van der Waals surface area (Å²) in [5, 5.41) is 28.1. The molecule has 0 aliphatic heterocycles. The number of aromatic nitrogens is 3. The van der Waals surface area contributed by atoms with Crippen molar-refractivity contribution in [2.24, 2.45) is 0 Å². The predicted molar refractivity (Wildman–Crippen MR) is 134 cm³/mol. The van der Waals surface area contributed by atoms with Gasteiger partial charge in [0, 0.05) is 30.1 Å². The number of anilines is 1. The fourth-order valence-corrected chi connectivity index (χ4v) is 3.69. The molecule has 180 valence electrons. The summed E-state index contributed by atoms with van der Waals surface area (Å²) in [7, 11) is 0. The number of aliphatic carboxylic acids is 1. The van der Waals surface area contributed by atoms with Gasteiger partial charge < -0.3 is 15.7 Å². The highest BCUT2D eigenvalue weighted by atomic mass is 16.4. The smallest absolute Gasteiger partial charge is 0.325 e. The van der Waals surface area contributed by atoms with E-state index >= 15 is 0 Å². The number of carboxylic acid groups (broad SMARTS) is 1. The van der Waals surface area contributed by atoms with E-state index in [1.165, 1.54) is 4.68 Å². The van der Waals surface area contributed by atoms with E-state index in [0.717, 1.165) is 22.3 Å². The van der Waals surface area contributed by atoms with Gasteiger partial charge >= 0.3 is 5.97 Å². The molecule has 9 nitrogen and oxygen atoms in total. The maximum atomic E-state index is 13.2. The predicted octanol–water partition coefficient (Wildman–Crippen LogP) is 3.41. The molecule has 0 unspecified atom stereocenters. The number of carbonyl (C=O) groups is 2. The van der Waals surface area contributed by atoms with Crippen LogP contribution in [-0.4, -0.2) is 38.3 Å². The summed E-state index contributed by atoms with van der Waals surface area (Å²) in [5.74, 6) is -0.814. The number of nitrogens with zero attached hydrogens (tertiary/aromatic N) is 4. The van der Waals surface area contributed by atoms with Crippen LogP contribution in [0, 0.1) is 11.3 Å². The lowest BCUT2D eigenvalue weighted by Crippen LogP contribution is -2.34. The molecule has 0 aliphatic rings. The van der Waals surface area contributed by atoms with Crippen molar-refractivity contribution >= 4 is 17.7 Å². The van der Waals surface area contributed by atoms with Gasteiger partial charge in [-0.2, -0.15) is 10.4 Å². The molecule has 0 spiro atoms. The molecule has 0 bridgehead atoms. The van der Waals surface area contributed by atoms with Gasteiger partial charge in [0.05, 0.1) is 17.8 Å². The van der Waals surface area contributed by atoms with Crippen molar-refractivity contribution in [3.05, 3.63) is 102 Å². The standard InChI is InChI=1S/C27H24N6O3/c28-14-20-8-6-19(7-9-20)12-13-29-26(21-4-2-1-3-5-21)27(36)32-24-11-10-22(15-30-24)23-16-31-33(17-23)18-25(34)35/h1-11,15-17,26,29H,12-13,18H2,(H,34,35)(H,30,32,36)/t26-/m1/s1. The van der Waals surface area contributed by atoms with Crippen LogP contribution in [0.3, 0.4) is 0 Å². The zero-order valence-electron chi connectivity index (χ0n) is 19.3. The zero-order chi connectivity index (χ0) is 25.3. The SMILES string of the molecule is N#Cc1ccc(CCN[C@@H](C(=O)Nc2ccc(-c3cnn(CC(=O)O)c3)cn2)c2ccccc2)cc1. The monoisotopic (exact) mass is 480 g/mol. The van der Waals surface area contributed by atoms with Crippen LogP contribution in [0.1, 0.15) is 22.7 Å². The Morgan fingerprint density at radius 1 is 1.00 bits per heavy atom. The Bertz CT molecular complexity index is 1360. The van der Waals surface area contributed by atoms with Crippen molar-refractivity contribution in [2.75, 3.05) is 11.9 Å². The average Bonchev–Trinajstić information content (AvgIpc) is 3.35. The second-order valence-electron chi connectivity index (χ2n) is 8.10. The third-order valence-electron chi connectivity index (χ3n) is 5.52. The summed E-state index contributed by atoms with van der Waals surface area (Å²) in [4.78, 5) is 28.4. The molecule has 0 fully saturated rings. The van der Waals surface area contributed by atoms with Crippen molar-refractivity contribution in [1.29, 1.82) is 5.26 Å². The van der Waals surface area contributed by atoms with Gasteiger partial charge in [0.2, 0.25) is 5.91 Å². The molecule has 9 heteroatoms. The summed E-state index contributed by atoms with van der Waals surface area (Å²) in [6.45, 7) is 0.339. The number of hydrogen-bond donors (Lipinski definition) is 3. The molecule has 2 aromatic heterocycles. The van der Waals surface area contributed by atoms with Crippen molar-refractivity contribution in [3.8, 4) is 17.2 Å². The lowest BCUT2D eigenvalue weighted by molar-refractivity contribution is -0.137. The number of pyridine rings is 1. The van der Waals surface area contributed by atoms with Crippen LogP contribution >= 0.6 is 0 Å². The number of rotatable bonds is 10. The Kier molecular flexibility index (Phi) is 7.80. The first-order chi connectivity index (χ1) is 17.5. The molecular weight excluding hydrogens is 456 g/mol. The zero-order valence-corrected chi connectivity index (χ0v) is 19.3. The van der Waals surface area contributed by atoms with Crippen LogP contribution in [0.15, 0.2) is 85.3 Å². The molecule has 3 N–H and O–H groups in total. The van der Waals surface area contributed by atoms with Crippen molar-refractivity contribution in [1.82, 2.24) is 20.1 Å². The molecule has 4 rings (SSSR count). The molecular formula is C27H24N6O3. The van der Waals surface area contributed by atoms with E-state index in [-0.39, 0.29) is 12.5 Å². The second kappa shape index (κ2) is 11.6. The number of benzene rings is 2. The normalized spacial score (nSPS) is 11.4. The molecule has 0 aliphatic carbocycles. The van der Waals surface area contributed by atoms with Crippen LogP contribution in [-0.2, 0) is 22.6 Å². The first kappa shape index (κ1) is 24.3. The van der Waals surface area contributed by atoms with E-state index in [4.69, 9.17) is 10.4 Å². The largest absolute Gasteiger partial charge is 0.480 e. The second-order valence-corrected chi connectivity index (χ2v) is 8.10. The number of nitriles is 1. The van der Waals surface area contributed by atoms with Crippen LogP contribution in [0.4, 0.5) is 5.82 Å². The van der Waals surface area contributed by atoms with Gasteiger partial charge in [-0.25, -0.2) is 4.98 Å². The van der Waals surface area contributed by atoms with Crippen molar-refractivity contribution in [3.63, 3.8) is 0 Å². The highest BCUT2D eigenvalue weighted by Gasteiger charge is 2.20. The van der Waals surface area contributed by atoms with Crippen LogP contribution in [0.25, 0.3) is 11.1 Å². The first-order valence-corrected chi connectivity index (χ1v) is 11.3. The average molecular weight is 481 g/mol. The van der Waals surface area contributed by atoms with Gasteiger partial charge in [-0.3, -0.25) is 14.3 Å². The summed E-state index contributed by atoms with van der Waals surface area (Å²) in [6.07, 6.45) is 5.51. The highest BCUT2D eigenvalue weighted by molar-refractivity contribution is 5.95. The minimum Gasteiger partial charge on any atom is -0.480 e. The summed E-state index contributed by atoms with van der Waals surface area (Å²) < 4.78 is 1.33. The quantitative estimate of drug-likeness (QED) is 0.317. The Labute approximate surface area is 208 Å². The summed E-state index contributed by atoms with van der Waals surface area (Å²) in [5.41, 5.74) is 3.99. The lowest BCUT2D eigenvalue weighted by atomic mass is 10.0. The van der Waals surface area contributed by atoms with Gasteiger partial charge in [0.1, 0.15) is 18.4 Å². The van der Waals surface area contributed by atoms with E-state index < -0.39 is 12.0 Å². The maximum absolute atomic E-state index is 13.2. The Balaban J connectivity index is 1.41. The topological polar surface area (TPSA) is 133 Å². The molecule has 4 aromatic rings. The minimum absolute atomic E-state index is 0.222. The minimum atomic E-state index is -0.973. The first-order valence-electron chi connectivity index (χ1n) is 11.3. The Hall–Kier alpha value is -4.81. The third kappa shape index (κ3) is 6.40. The number of nitrogens with one attached hydrogen (secondary N) is 2. The van der Waals surface area contributed by atoms with E-state index in [1.807, 2.05) is 42.5 Å². The van der Waals surface area contributed by atoms with Crippen LogP contribution in [0.5, 0.6) is 0 Å². The van der Waals surface area contributed by atoms with Crippen molar-refractivity contribution < 1.29 is 14.7 Å². The van der Waals surface area contributed by atoms with Gasteiger partial charge in [0.15, 0.2) is 0 Å². The number of hydrogen-bond acceptors (Lipinski definition) is 6. The molecule has 0 saturated carbocycles. The number of carbonyl (C=O) groups excluding carboxylic acids is 1. The maximum Gasteiger partial charge on any atom is 0.325 e. The molecule has 0 radical (unpaired) electrons. The van der Waals surface area contributed by atoms with Gasteiger partial charge in [-0.15, -0.1) is 0 Å². The number of amides is 1. The molecule has 36 heavy (non-hydrogen) atoms. The molecule has 2 heterocycles. The van der Waals surface area contributed by atoms with E-state index in [0.29, 0.717) is 24.3 Å². The Morgan fingerprint density at radius 3 is 2.44 bits per heavy atom. The fraction of sp³-hybridized carbons (Fsp3) is 0.148. The molecule has 2 aromatic carbocycles. The molecule has 1 amide bonds. The summed E-state index contributed by atoms with van der Waals surface area (Å²) >= 11 is 0. The van der Waals surface area contributed by atoms with Crippen LogP contribution < -0.4 is 10.6 Å². The van der Waals surface area contributed by atoms with E-state index in [9.17, 15) is 9.59 Å². The third-order valence-corrected chi connectivity index (χ3v) is 5.52. The number of carboxylic acids is 1. The van der Waals surface area contributed by atoms with Crippen molar-refractivity contribution in [2.45, 2.75) is 19.0 Å². The lowest BCUT2D eigenvalue weighted by Gasteiger charge is -2.19.